The number of hydrogen-bond acceptors (Lipinski definition) is 4. The lowest BCUT2D eigenvalue weighted by atomic mass is 10.1. The normalized spacial score (nSPS) is 10.1. The number of nitrogens with two attached hydrogens (primary N) is 1. The molecule has 0 aliphatic heterocycles. The van der Waals surface area contributed by atoms with Crippen LogP contribution in [0.25, 0.3) is 0 Å². The van der Waals surface area contributed by atoms with Crippen LogP contribution in [0.2, 0.25) is 0 Å². The van der Waals surface area contributed by atoms with Gasteiger partial charge in [-0.3, -0.25) is 4.79 Å². The van der Waals surface area contributed by atoms with E-state index in [1.807, 2.05) is 0 Å². The molecule has 1 aromatic rings. The number of ketones is 1. The van der Waals surface area contributed by atoms with Gasteiger partial charge in [-0.15, -0.1) is 0 Å². The molecule has 16 heavy (non-hydrogen) atoms. The average Bonchev–Trinajstić information content (AvgIpc) is 2.27. The molecule has 0 amide bonds. The minimum atomic E-state index is -0.774. The van der Waals surface area contributed by atoms with Crippen molar-refractivity contribution in [2.75, 3.05) is 20.8 Å². The highest BCUT2D eigenvalue weighted by atomic mass is 79.9. The summed E-state index contributed by atoms with van der Waals surface area (Å²) in [6, 6.07) is 1.46. The Bertz CT molecular complexity index is 423. The molecule has 0 heterocycles. The van der Waals surface area contributed by atoms with E-state index in [0.29, 0.717) is 0 Å². The van der Waals surface area contributed by atoms with Gasteiger partial charge in [0.2, 0.25) is 0 Å². The summed E-state index contributed by atoms with van der Waals surface area (Å²) in [7, 11) is 2.68. The zero-order chi connectivity index (χ0) is 12.3. The number of Topliss-reactive ketones (excluding diaryl/α,β-unsaturated/α-hetero) is 1. The lowest BCUT2D eigenvalue weighted by Gasteiger charge is -2.12. The van der Waals surface area contributed by atoms with Gasteiger partial charge in [-0.05, 0) is 22.0 Å². The van der Waals surface area contributed by atoms with E-state index < -0.39 is 11.6 Å². The van der Waals surface area contributed by atoms with Crippen molar-refractivity contribution in [2.45, 2.75) is 0 Å². The Balaban J connectivity index is 3.46. The van der Waals surface area contributed by atoms with Gasteiger partial charge in [0.05, 0.1) is 26.3 Å². The molecule has 0 unspecified atom stereocenters. The molecule has 2 N–H and O–H groups in total. The van der Waals surface area contributed by atoms with Gasteiger partial charge in [-0.25, -0.2) is 4.39 Å². The van der Waals surface area contributed by atoms with Gasteiger partial charge in [0, 0.05) is 4.47 Å². The molecule has 0 atom stereocenters. The SMILES string of the molecule is COc1cc(Br)c(C(=O)CN)c(F)c1OC. The van der Waals surface area contributed by atoms with Crippen LogP contribution in [-0.2, 0) is 0 Å². The Morgan fingerprint density at radius 3 is 2.56 bits per heavy atom. The molecular formula is C10H11BrFNO3. The molecule has 0 saturated heterocycles. The number of hydrogen-bond donors (Lipinski definition) is 1. The third-order valence-corrected chi connectivity index (χ3v) is 2.65. The first-order valence-corrected chi connectivity index (χ1v) is 5.19. The molecule has 0 aliphatic carbocycles. The smallest absolute Gasteiger partial charge is 0.197 e. The number of ether oxygens (including phenoxy) is 2. The van der Waals surface area contributed by atoms with E-state index >= 15 is 0 Å². The van der Waals surface area contributed by atoms with E-state index in [2.05, 4.69) is 15.9 Å². The number of methoxy groups -OCH3 is 2. The van der Waals surface area contributed by atoms with E-state index in [0.717, 1.165) is 0 Å². The van der Waals surface area contributed by atoms with Gasteiger partial charge < -0.3 is 15.2 Å². The van der Waals surface area contributed by atoms with Crippen LogP contribution in [-0.4, -0.2) is 26.5 Å². The molecule has 0 radical (unpaired) electrons. The van der Waals surface area contributed by atoms with Crippen molar-refractivity contribution in [3.8, 4) is 11.5 Å². The Labute approximate surface area is 101 Å². The predicted octanol–water partition coefficient (Wildman–Crippen LogP) is 1.75. The highest BCUT2D eigenvalue weighted by Gasteiger charge is 2.22. The molecule has 0 aliphatic rings. The second-order valence-corrected chi connectivity index (χ2v) is 3.76. The molecule has 0 spiro atoms. The molecule has 1 aromatic carbocycles. The maximum Gasteiger partial charge on any atom is 0.197 e. The molecule has 1 rings (SSSR count). The molecule has 0 bridgehead atoms. The summed E-state index contributed by atoms with van der Waals surface area (Å²) < 4.78 is 24.0. The van der Waals surface area contributed by atoms with Gasteiger partial charge >= 0.3 is 0 Å². The van der Waals surface area contributed by atoms with Crippen molar-refractivity contribution < 1.29 is 18.7 Å². The molecular weight excluding hydrogens is 281 g/mol. The first-order valence-electron chi connectivity index (χ1n) is 4.40. The fourth-order valence-electron chi connectivity index (χ4n) is 1.28. The monoisotopic (exact) mass is 291 g/mol. The summed E-state index contributed by atoms with van der Waals surface area (Å²) >= 11 is 3.09. The Kier molecular flexibility index (Phi) is 4.26. The number of carbonyl (C=O) groups is 1. The Morgan fingerprint density at radius 2 is 2.12 bits per heavy atom. The molecule has 0 saturated carbocycles. The molecule has 6 heteroatoms. The van der Waals surface area contributed by atoms with Crippen LogP contribution < -0.4 is 15.2 Å². The minimum Gasteiger partial charge on any atom is -0.493 e. The highest BCUT2D eigenvalue weighted by Crippen LogP contribution is 2.36. The van der Waals surface area contributed by atoms with E-state index in [9.17, 15) is 9.18 Å². The van der Waals surface area contributed by atoms with Gasteiger partial charge in [-0.2, -0.15) is 0 Å². The highest BCUT2D eigenvalue weighted by molar-refractivity contribution is 9.10. The number of carbonyl (C=O) groups excluding carboxylic acids is 1. The fourth-order valence-corrected chi connectivity index (χ4v) is 1.88. The Morgan fingerprint density at radius 1 is 1.50 bits per heavy atom. The summed E-state index contributed by atoms with van der Waals surface area (Å²) in [6.07, 6.45) is 0. The van der Waals surface area contributed by atoms with Crippen LogP contribution in [0.4, 0.5) is 4.39 Å². The van der Waals surface area contributed by atoms with Crippen molar-refractivity contribution in [2.24, 2.45) is 5.73 Å². The quantitative estimate of drug-likeness (QED) is 0.859. The summed E-state index contributed by atoms with van der Waals surface area (Å²) in [5.41, 5.74) is 5.07. The van der Waals surface area contributed by atoms with Gasteiger partial charge in [0.25, 0.3) is 0 Å². The molecule has 4 nitrogen and oxygen atoms in total. The lowest BCUT2D eigenvalue weighted by molar-refractivity contribution is 0.0996. The fraction of sp³-hybridized carbons (Fsp3) is 0.300. The van der Waals surface area contributed by atoms with Crippen molar-refractivity contribution >= 4 is 21.7 Å². The molecule has 0 aromatic heterocycles. The van der Waals surface area contributed by atoms with E-state index in [1.54, 1.807) is 0 Å². The zero-order valence-electron chi connectivity index (χ0n) is 8.84. The first-order chi connectivity index (χ1) is 7.56. The van der Waals surface area contributed by atoms with Gasteiger partial charge in [0.1, 0.15) is 0 Å². The minimum absolute atomic E-state index is 0.109. The summed E-state index contributed by atoms with van der Waals surface area (Å²) in [6.45, 7) is -0.273. The van der Waals surface area contributed by atoms with E-state index in [4.69, 9.17) is 15.2 Å². The van der Waals surface area contributed by atoms with Crippen molar-refractivity contribution in [3.63, 3.8) is 0 Å². The number of halogens is 2. The summed E-state index contributed by atoms with van der Waals surface area (Å²) in [5.74, 6) is -1.18. The van der Waals surface area contributed by atoms with Crippen LogP contribution in [0, 0.1) is 5.82 Å². The maximum atomic E-state index is 13.9. The molecule has 88 valence electrons. The van der Waals surface area contributed by atoms with Crippen LogP contribution in [0.1, 0.15) is 10.4 Å². The van der Waals surface area contributed by atoms with Gasteiger partial charge in [0.15, 0.2) is 23.1 Å². The number of benzene rings is 1. The lowest BCUT2D eigenvalue weighted by Crippen LogP contribution is -2.16. The van der Waals surface area contributed by atoms with Crippen LogP contribution >= 0.6 is 15.9 Å². The maximum absolute atomic E-state index is 13.9. The topological polar surface area (TPSA) is 61.5 Å². The standard InChI is InChI=1S/C10H11BrFNO3/c1-15-7-3-5(11)8(6(14)4-13)9(12)10(7)16-2/h3H,4,13H2,1-2H3. The van der Waals surface area contributed by atoms with Crippen molar-refractivity contribution in [1.82, 2.24) is 0 Å². The molecule has 0 fully saturated rings. The largest absolute Gasteiger partial charge is 0.493 e. The predicted molar refractivity (Wildman–Crippen MR) is 60.6 cm³/mol. The summed E-state index contributed by atoms with van der Waals surface area (Å²) in [5, 5.41) is 0. The number of rotatable bonds is 4. The average molecular weight is 292 g/mol. The zero-order valence-corrected chi connectivity index (χ0v) is 10.4. The summed E-state index contributed by atoms with van der Waals surface area (Å²) in [4.78, 5) is 11.4. The first kappa shape index (κ1) is 12.9. The Hall–Kier alpha value is -1.14. The van der Waals surface area contributed by atoms with Crippen molar-refractivity contribution in [3.05, 3.63) is 21.9 Å². The van der Waals surface area contributed by atoms with Gasteiger partial charge in [-0.1, -0.05) is 0 Å². The van der Waals surface area contributed by atoms with Crippen molar-refractivity contribution in [1.29, 1.82) is 0 Å². The van der Waals surface area contributed by atoms with E-state index in [1.165, 1.54) is 20.3 Å². The van der Waals surface area contributed by atoms with Crippen LogP contribution in [0.5, 0.6) is 11.5 Å². The third kappa shape index (κ3) is 2.17. The second kappa shape index (κ2) is 5.27. The second-order valence-electron chi connectivity index (χ2n) is 2.91. The van der Waals surface area contributed by atoms with E-state index in [-0.39, 0.29) is 28.1 Å². The third-order valence-electron chi connectivity index (χ3n) is 2.03. The van der Waals surface area contributed by atoms with Crippen LogP contribution in [0.15, 0.2) is 10.5 Å². The van der Waals surface area contributed by atoms with Crippen LogP contribution in [0.3, 0.4) is 0 Å².